The molecule has 1 aromatic rings. The monoisotopic (exact) mass is 297 g/mol. The van der Waals surface area contributed by atoms with Gasteiger partial charge in [-0.2, -0.15) is 11.8 Å². The molecule has 3 nitrogen and oxygen atoms in total. The van der Waals surface area contributed by atoms with Crippen molar-refractivity contribution < 1.29 is 14.3 Å². The molecule has 0 spiro atoms. The molecule has 5 heteroatoms. The van der Waals surface area contributed by atoms with Gasteiger partial charge >= 0.3 is 0 Å². The molecule has 0 bridgehead atoms. The third kappa shape index (κ3) is 6.73. The fourth-order valence-electron chi connectivity index (χ4n) is 1.56. The van der Waals surface area contributed by atoms with Crippen molar-refractivity contribution in [3.05, 3.63) is 41.7 Å². The van der Waals surface area contributed by atoms with Crippen molar-refractivity contribution in [1.29, 1.82) is 0 Å². The first-order valence-electron chi connectivity index (χ1n) is 6.54. The van der Waals surface area contributed by atoms with E-state index in [1.54, 1.807) is 23.9 Å². The number of benzene rings is 1. The van der Waals surface area contributed by atoms with Gasteiger partial charge in [0.2, 0.25) is 5.91 Å². The van der Waals surface area contributed by atoms with Gasteiger partial charge < -0.3 is 10.4 Å². The van der Waals surface area contributed by atoms with Gasteiger partial charge in [-0.05, 0) is 42.4 Å². The van der Waals surface area contributed by atoms with Crippen molar-refractivity contribution >= 4 is 23.2 Å². The maximum Gasteiger partial charge on any atom is 0.244 e. The molecule has 0 aliphatic heterocycles. The molecule has 0 aliphatic carbocycles. The van der Waals surface area contributed by atoms with Crippen LogP contribution in [0.5, 0.6) is 0 Å². The van der Waals surface area contributed by atoms with Gasteiger partial charge in [-0.15, -0.1) is 0 Å². The summed E-state index contributed by atoms with van der Waals surface area (Å²) in [6.07, 6.45) is 2.30. The summed E-state index contributed by atoms with van der Waals surface area (Å²) in [5.74, 6) is 1.30. The predicted molar refractivity (Wildman–Crippen MR) is 82.1 cm³/mol. The van der Waals surface area contributed by atoms with Gasteiger partial charge in [0.25, 0.3) is 0 Å². The lowest BCUT2D eigenvalue weighted by atomic mass is 10.1. The van der Waals surface area contributed by atoms with E-state index in [1.165, 1.54) is 18.2 Å². The first-order valence-corrected chi connectivity index (χ1v) is 7.69. The SMILES string of the molecule is C/C(=C/C(=O)NCCSCCCO)c1ccc(F)cc1. The minimum atomic E-state index is -0.286. The molecule has 0 atom stereocenters. The number of halogens is 1. The molecule has 20 heavy (non-hydrogen) atoms. The number of carbonyl (C=O) groups excluding carboxylic acids is 1. The Morgan fingerprint density at radius 1 is 1.35 bits per heavy atom. The minimum Gasteiger partial charge on any atom is -0.396 e. The molecule has 2 N–H and O–H groups in total. The molecule has 0 heterocycles. The number of rotatable bonds is 8. The standard InChI is InChI=1S/C15H20FNO2S/c1-12(13-3-5-14(16)6-4-13)11-15(19)17-7-10-20-9-2-8-18/h3-6,11,18H,2,7-10H2,1H3,(H,17,19)/b12-11-. The summed E-state index contributed by atoms with van der Waals surface area (Å²) in [6, 6.07) is 6.06. The summed E-state index contributed by atoms with van der Waals surface area (Å²) in [6.45, 7) is 2.63. The average Bonchev–Trinajstić information content (AvgIpc) is 2.43. The van der Waals surface area contributed by atoms with Crippen LogP contribution >= 0.6 is 11.8 Å². The Kier molecular flexibility index (Phi) is 7.99. The molecule has 0 radical (unpaired) electrons. The van der Waals surface area contributed by atoms with Gasteiger partial charge in [0, 0.05) is 25.0 Å². The summed E-state index contributed by atoms with van der Waals surface area (Å²) in [5, 5.41) is 11.4. The lowest BCUT2D eigenvalue weighted by molar-refractivity contribution is -0.116. The fraction of sp³-hybridized carbons (Fsp3) is 0.400. The Bertz CT molecular complexity index is 446. The van der Waals surface area contributed by atoms with Crippen LogP contribution in [0.4, 0.5) is 4.39 Å². The largest absolute Gasteiger partial charge is 0.396 e. The van der Waals surface area contributed by atoms with E-state index in [-0.39, 0.29) is 18.3 Å². The molecule has 0 fully saturated rings. The van der Waals surface area contributed by atoms with Gasteiger partial charge in [0.15, 0.2) is 0 Å². The number of nitrogens with one attached hydrogen (secondary N) is 1. The van der Waals surface area contributed by atoms with Crippen molar-refractivity contribution in [2.75, 3.05) is 24.7 Å². The van der Waals surface area contributed by atoms with E-state index in [0.717, 1.165) is 29.1 Å². The quantitative estimate of drug-likeness (QED) is 0.572. The zero-order valence-corrected chi connectivity index (χ0v) is 12.4. The lowest BCUT2D eigenvalue weighted by Gasteiger charge is -2.04. The third-order valence-corrected chi connectivity index (χ3v) is 3.71. The summed E-state index contributed by atoms with van der Waals surface area (Å²) in [4.78, 5) is 11.7. The third-order valence-electron chi connectivity index (χ3n) is 2.64. The van der Waals surface area contributed by atoms with Gasteiger partial charge in [-0.1, -0.05) is 12.1 Å². The summed E-state index contributed by atoms with van der Waals surface area (Å²) in [5.41, 5.74) is 1.63. The minimum absolute atomic E-state index is 0.144. The number of carbonyl (C=O) groups is 1. The molecule has 0 unspecified atom stereocenters. The van der Waals surface area contributed by atoms with E-state index in [0.29, 0.717) is 6.54 Å². The zero-order chi connectivity index (χ0) is 14.8. The Morgan fingerprint density at radius 2 is 2.05 bits per heavy atom. The molecule has 110 valence electrons. The average molecular weight is 297 g/mol. The second-order valence-electron chi connectivity index (χ2n) is 4.31. The molecule has 0 saturated carbocycles. The van der Waals surface area contributed by atoms with E-state index in [1.807, 2.05) is 6.92 Å². The number of allylic oxidation sites excluding steroid dienone is 1. The van der Waals surface area contributed by atoms with Gasteiger partial charge in [0.1, 0.15) is 5.82 Å². The highest BCUT2D eigenvalue weighted by molar-refractivity contribution is 7.99. The number of aliphatic hydroxyl groups is 1. The highest BCUT2D eigenvalue weighted by Gasteiger charge is 2.01. The number of thioether (sulfide) groups is 1. The molecular weight excluding hydrogens is 277 g/mol. The highest BCUT2D eigenvalue weighted by Crippen LogP contribution is 2.13. The maximum atomic E-state index is 12.8. The van der Waals surface area contributed by atoms with Crippen LogP contribution in [0.1, 0.15) is 18.9 Å². The van der Waals surface area contributed by atoms with Crippen LogP contribution in [0, 0.1) is 5.82 Å². The van der Waals surface area contributed by atoms with Crippen molar-refractivity contribution in [2.45, 2.75) is 13.3 Å². The first-order chi connectivity index (χ1) is 9.63. The lowest BCUT2D eigenvalue weighted by Crippen LogP contribution is -2.24. The van der Waals surface area contributed by atoms with Crippen LogP contribution in [-0.2, 0) is 4.79 Å². The van der Waals surface area contributed by atoms with Gasteiger partial charge in [0.05, 0.1) is 0 Å². The number of hydrogen-bond donors (Lipinski definition) is 2. The summed E-state index contributed by atoms with van der Waals surface area (Å²) < 4.78 is 12.8. The number of amides is 1. The predicted octanol–water partition coefficient (Wildman–Crippen LogP) is 2.46. The van der Waals surface area contributed by atoms with E-state index in [2.05, 4.69) is 5.32 Å². The van der Waals surface area contributed by atoms with Crippen LogP contribution in [0.2, 0.25) is 0 Å². The van der Waals surface area contributed by atoms with Gasteiger partial charge in [-0.25, -0.2) is 4.39 Å². The normalized spacial score (nSPS) is 11.4. The summed E-state index contributed by atoms with van der Waals surface area (Å²) in [7, 11) is 0. The first kappa shape index (κ1) is 16.7. The van der Waals surface area contributed by atoms with Gasteiger partial charge in [-0.3, -0.25) is 4.79 Å². The smallest absolute Gasteiger partial charge is 0.244 e. The summed E-state index contributed by atoms with van der Waals surface area (Å²) >= 11 is 1.70. The topological polar surface area (TPSA) is 49.3 Å². The molecule has 0 aliphatic rings. The van der Waals surface area contributed by atoms with E-state index >= 15 is 0 Å². The molecule has 1 rings (SSSR count). The van der Waals surface area contributed by atoms with Crippen LogP contribution in [0.3, 0.4) is 0 Å². The number of hydrogen-bond acceptors (Lipinski definition) is 3. The highest BCUT2D eigenvalue weighted by atomic mass is 32.2. The Balaban J connectivity index is 2.33. The molecule has 0 aromatic heterocycles. The van der Waals surface area contributed by atoms with Crippen molar-refractivity contribution in [1.82, 2.24) is 5.32 Å². The Hall–Kier alpha value is -1.33. The second-order valence-corrected chi connectivity index (χ2v) is 5.54. The van der Waals surface area contributed by atoms with Crippen LogP contribution in [-0.4, -0.2) is 35.7 Å². The Labute approximate surface area is 123 Å². The van der Waals surface area contributed by atoms with Crippen LogP contribution in [0.25, 0.3) is 5.57 Å². The second kappa shape index (κ2) is 9.55. The van der Waals surface area contributed by atoms with Crippen molar-refractivity contribution in [3.63, 3.8) is 0 Å². The van der Waals surface area contributed by atoms with Crippen LogP contribution < -0.4 is 5.32 Å². The molecule has 1 aromatic carbocycles. The molecule has 1 amide bonds. The van der Waals surface area contributed by atoms with Crippen LogP contribution in [0.15, 0.2) is 30.3 Å². The van der Waals surface area contributed by atoms with Crippen molar-refractivity contribution in [2.24, 2.45) is 0 Å². The molecular formula is C15H20FNO2S. The Morgan fingerprint density at radius 3 is 2.70 bits per heavy atom. The van der Waals surface area contributed by atoms with Crippen molar-refractivity contribution in [3.8, 4) is 0 Å². The maximum absolute atomic E-state index is 12.8. The van der Waals surface area contributed by atoms with E-state index in [4.69, 9.17) is 5.11 Å². The van der Waals surface area contributed by atoms with E-state index in [9.17, 15) is 9.18 Å². The number of aliphatic hydroxyl groups excluding tert-OH is 1. The van der Waals surface area contributed by atoms with E-state index < -0.39 is 0 Å². The zero-order valence-electron chi connectivity index (χ0n) is 11.6. The fourth-order valence-corrected chi connectivity index (χ4v) is 2.34. The molecule has 0 saturated heterocycles.